The fourth-order valence-electron chi connectivity index (χ4n) is 1.33. The second kappa shape index (κ2) is 0.747. The average Bonchev–Trinajstić information content (AvgIpc) is 2.03. The molecule has 2 unspecified atom stereocenters. The summed E-state index contributed by atoms with van der Waals surface area (Å²) in [5.41, 5.74) is 0.0527. The Labute approximate surface area is 47.7 Å². The van der Waals surface area contributed by atoms with Gasteiger partial charge in [0.15, 0.2) is 0 Å². The molecule has 0 radical (unpaired) electrons. The summed E-state index contributed by atoms with van der Waals surface area (Å²) >= 11 is 0. The van der Waals surface area contributed by atoms with Gasteiger partial charge in [0.2, 0.25) is 0 Å². The molecular formula is C5H8N2O. The summed E-state index contributed by atoms with van der Waals surface area (Å²) in [4.78, 5) is 12.3. The molecule has 0 saturated carbocycles. The Morgan fingerprint density at radius 3 is 2.50 bits per heavy atom. The minimum Gasteiger partial charge on any atom is -0.313 e. The molecule has 2 fully saturated rings. The monoisotopic (exact) mass is 112 g/mol. The Hall–Kier alpha value is -0.730. The standard InChI is InChI=1S/C5H8N2O/c1-3-5(2)6-4(8)7(3)5/h3H,1-2H3,(H,6,8). The summed E-state index contributed by atoms with van der Waals surface area (Å²) in [5, 5.41) is 2.79. The highest BCUT2D eigenvalue weighted by atomic mass is 16.2. The van der Waals surface area contributed by atoms with Crippen LogP contribution < -0.4 is 5.32 Å². The molecule has 0 aromatic rings. The second-order valence-corrected chi connectivity index (χ2v) is 2.62. The fourth-order valence-corrected chi connectivity index (χ4v) is 1.33. The number of carbonyl (C=O) groups excluding carboxylic acids is 1. The quantitative estimate of drug-likeness (QED) is 0.444. The van der Waals surface area contributed by atoms with E-state index in [4.69, 9.17) is 0 Å². The van der Waals surface area contributed by atoms with E-state index in [9.17, 15) is 4.79 Å². The van der Waals surface area contributed by atoms with Crippen molar-refractivity contribution in [3.63, 3.8) is 0 Å². The molecule has 0 aromatic carbocycles. The minimum atomic E-state index is 0.0527. The van der Waals surface area contributed by atoms with Crippen LogP contribution in [0.25, 0.3) is 0 Å². The van der Waals surface area contributed by atoms with Gasteiger partial charge in [0.1, 0.15) is 5.66 Å². The molecule has 2 rings (SSSR count). The third kappa shape index (κ3) is 0.194. The van der Waals surface area contributed by atoms with Crippen LogP contribution in [-0.4, -0.2) is 22.6 Å². The normalized spacial score (nSPS) is 49.5. The first kappa shape index (κ1) is 4.18. The zero-order valence-electron chi connectivity index (χ0n) is 4.93. The summed E-state index contributed by atoms with van der Waals surface area (Å²) in [5.74, 6) is 0. The van der Waals surface area contributed by atoms with Gasteiger partial charge in [0, 0.05) is 0 Å². The fraction of sp³-hybridized carbons (Fsp3) is 0.800. The summed E-state index contributed by atoms with van der Waals surface area (Å²) in [7, 11) is 0. The van der Waals surface area contributed by atoms with Crippen LogP contribution in [0.3, 0.4) is 0 Å². The number of amides is 2. The van der Waals surface area contributed by atoms with Crippen LogP contribution in [0.5, 0.6) is 0 Å². The summed E-state index contributed by atoms with van der Waals surface area (Å²) in [6.07, 6.45) is 0. The highest BCUT2D eigenvalue weighted by molar-refractivity contribution is 5.88. The maximum Gasteiger partial charge on any atom is 0.321 e. The molecule has 2 aliphatic rings. The first-order chi connectivity index (χ1) is 3.66. The van der Waals surface area contributed by atoms with Gasteiger partial charge in [-0.05, 0) is 13.8 Å². The first-order valence-electron chi connectivity index (χ1n) is 2.78. The molecule has 44 valence electrons. The van der Waals surface area contributed by atoms with E-state index in [-0.39, 0.29) is 11.7 Å². The lowest BCUT2D eigenvalue weighted by molar-refractivity contribution is 0.187. The number of hydrogen-bond acceptors (Lipinski definition) is 1. The second-order valence-electron chi connectivity index (χ2n) is 2.62. The molecule has 2 atom stereocenters. The molecule has 8 heavy (non-hydrogen) atoms. The van der Waals surface area contributed by atoms with Crippen LogP contribution in [0, 0.1) is 0 Å². The predicted molar refractivity (Wildman–Crippen MR) is 28.2 cm³/mol. The van der Waals surface area contributed by atoms with Crippen molar-refractivity contribution < 1.29 is 4.79 Å². The Morgan fingerprint density at radius 1 is 1.88 bits per heavy atom. The Morgan fingerprint density at radius 2 is 2.50 bits per heavy atom. The first-order valence-corrected chi connectivity index (χ1v) is 2.78. The SMILES string of the molecule is CC1N2C(=O)NC12C. The minimum absolute atomic E-state index is 0.0527. The number of nitrogens with zero attached hydrogens (tertiary/aromatic N) is 1. The van der Waals surface area contributed by atoms with Crippen molar-refractivity contribution in [2.45, 2.75) is 25.6 Å². The molecular weight excluding hydrogens is 104 g/mol. The molecule has 3 nitrogen and oxygen atoms in total. The van der Waals surface area contributed by atoms with E-state index in [0.717, 1.165) is 0 Å². The molecule has 3 heteroatoms. The van der Waals surface area contributed by atoms with Gasteiger partial charge < -0.3 is 5.32 Å². The van der Waals surface area contributed by atoms with Crippen molar-refractivity contribution in [3.05, 3.63) is 0 Å². The molecule has 0 aliphatic carbocycles. The molecule has 0 bridgehead atoms. The zero-order chi connectivity index (χ0) is 5.94. The van der Waals surface area contributed by atoms with Crippen LogP contribution in [0.2, 0.25) is 0 Å². The lowest BCUT2D eigenvalue weighted by Crippen LogP contribution is -2.53. The van der Waals surface area contributed by atoms with Gasteiger partial charge in [0.05, 0.1) is 6.04 Å². The largest absolute Gasteiger partial charge is 0.321 e. The lowest BCUT2D eigenvalue weighted by Gasteiger charge is -2.22. The Balaban J connectivity index is 2.25. The topological polar surface area (TPSA) is 32.1 Å². The Bertz CT molecular complexity index is 168. The third-order valence-electron chi connectivity index (χ3n) is 2.21. The summed E-state index contributed by atoms with van der Waals surface area (Å²) in [6, 6.07) is 0.509. The van der Waals surface area contributed by atoms with E-state index in [1.807, 2.05) is 18.7 Å². The molecule has 2 amide bonds. The van der Waals surface area contributed by atoms with Crippen LogP contribution in [-0.2, 0) is 0 Å². The van der Waals surface area contributed by atoms with Crippen LogP contribution in [0.4, 0.5) is 4.79 Å². The van der Waals surface area contributed by atoms with E-state index in [1.54, 1.807) is 0 Å². The van der Waals surface area contributed by atoms with Gasteiger partial charge in [-0.25, -0.2) is 4.79 Å². The molecule has 2 heterocycles. The average molecular weight is 112 g/mol. The summed E-state index contributed by atoms with van der Waals surface area (Å²) < 4.78 is 0. The molecule has 0 aromatic heterocycles. The number of urea groups is 1. The van der Waals surface area contributed by atoms with Crippen LogP contribution in [0.1, 0.15) is 13.8 Å². The van der Waals surface area contributed by atoms with Crippen LogP contribution in [0.15, 0.2) is 0 Å². The molecule has 0 spiro atoms. The van der Waals surface area contributed by atoms with Crippen molar-refractivity contribution in [3.8, 4) is 0 Å². The van der Waals surface area contributed by atoms with E-state index in [2.05, 4.69) is 5.32 Å². The van der Waals surface area contributed by atoms with E-state index < -0.39 is 0 Å². The van der Waals surface area contributed by atoms with Gasteiger partial charge in [-0.2, -0.15) is 0 Å². The number of hydrogen-bond donors (Lipinski definition) is 1. The number of nitrogens with one attached hydrogen (secondary N) is 1. The lowest BCUT2D eigenvalue weighted by atomic mass is 10.2. The van der Waals surface area contributed by atoms with Crippen molar-refractivity contribution in [2.24, 2.45) is 0 Å². The van der Waals surface area contributed by atoms with Gasteiger partial charge in [0.25, 0.3) is 0 Å². The van der Waals surface area contributed by atoms with Crippen molar-refractivity contribution in [2.75, 3.05) is 0 Å². The smallest absolute Gasteiger partial charge is 0.313 e. The van der Waals surface area contributed by atoms with Crippen molar-refractivity contribution in [1.82, 2.24) is 10.2 Å². The summed E-state index contributed by atoms with van der Waals surface area (Å²) in [6.45, 7) is 4.07. The van der Waals surface area contributed by atoms with Crippen LogP contribution >= 0.6 is 0 Å². The van der Waals surface area contributed by atoms with E-state index in [0.29, 0.717) is 6.04 Å². The zero-order valence-corrected chi connectivity index (χ0v) is 4.93. The van der Waals surface area contributed by atoms with Crippen molar-refractivity contribution >= 4 is 6.03 Å². The molecule has 2 aliphatic heterocycles. The highest BCUT2D eigenvalue weighted by Gasteiger charge is 2.68. The van der Waals surface area contributed by atoms with Gasteiger partial charge in [-0.15, -0.1) is 0 Å². The maximum atomic E-state index is 10.5. The molecule has 2 saturated heterocycles. The number of rotatable bonds is 0. The predicted octanol–water partition coefficient (Wildman–Crippen LogP) is 0.130. The maximum absolute atomic E-state index is 10.5. The van der Waals surface area contributed by atoms with Gasteiger partial charge in [-0.3, -0.25) is 4.90 Å². The number of fused-ring (bicyclic) bond motifs is 1. The van der Waals surface area contributed by atoms with Gasteiger partial charge in [-0.1, -0.05) is 0 Å². The van der Waals surface area contributed by atoms with Crippen molar-refractivity contribution in [1.29, 1.82) is 0 Å². The van der Waals surface area contributed by atoms with Gasteiger partial charge >= 0.3 is 6.03 Å². The highest BCUT2D eigenvalue weighted by Crippen LogP contribution is 2.44. The van der Waals surface area contributed by atoms with E-state index in [1.165, 1.54) is 0 Å². The number of carbonyl (C=O) groups is 1. The molecule has 1 N–H and O–H groups in total. The van der Waals surface area contributed by atoms with E-state index >= 15 is 0 Å². The third-order valence-corrected chi connectivity index (χ3v) is 2.21. The Kier molecular flexibility index (Phi) is 0.390.